The molecule has 0 bridgehead atoms. The minimum Gasteiger partial charge on any atom is -0.481 e. The molecule has 1 aromatic heterocycles. The third-order valence-electron chi connectivity index (χ3n) is 2.49. The normalized spacial score (nSPS) is 13.5. The van der Waals surface area contributed by atoms with Gasteiger partial charge in [0.05, 0.1) is 10.9 Å². The van der Waals surface area contributed by atoms with Gasteiger partial charge in [0, 0.05) is 19.8 Å². The number of carboxylic acids is 1. The maximum absolute atomic E-state index is 12.2. The number of nitrogen functional groups attached to an aromatic ring is 1. The molecule has 0 spiro atoms. The highest BCUT2D eigenvalue weighted by Gasteiger charge is 2.27. The number of carboxylic acid groups (broad SMARTS) is 1. The van der Waals surface area contributed by atoms with Crippen molar-refractivity contribution in [1.29, 1.82) is 0 Å². The van der Waals surface area contributed by atoms with Gasteiger partial charge in [-0.2, -0.15) is 4.31 Å². The summed E-state index contributed by atoms with van der Waals surface area (Å²) in [5.41, 5.74) is 5.51. The van der Waals surface area contributed by atoms with Gasteiger partial charge in [-0.15, -0.1) is 0 Å². The second kappa shape index (κ2) is 5.72. The maximum Gasteiger partial charge on any atom is 0.307 e. The third-order valence-corrected chi connectivity index (χ3v) is 4.55. The first-order chi connectivity index (χ1) is 8.66. The molecule has 106 valence electrons. The highest BCUT2D eigenvalue weighted by Crippen LogP contribution is 2.23. The lowest BCUT2D eigenvalue weighted by Gasteiger charge is -2.19. The van der Waals surface area contributed by atoms with Crippen molar-refractivity contribution in [1.82, 2.24) is 9.29 Å². The summed E-state index contributed by atoms with van der Waals surface area (Å²) in [6.07, 6.45) is 1.23. The quantitative estimate of drug-likeness (QED) is 0.826. The second-order valence-electron chi connectivity index (χ2n) is 4.06. The van der Waals surface area contributed by atoms with E-state index < -0.39 is 21.9 Å². The molecule has 1 rings (SSSR count). The molecule has 1 unspecified atom stereocenters. The molecule has 1 atom stereocenters. The van der Waals surface area contributed by atoms with E-state index in [1.807, 2.05) is 0 Å². The van der Waals surface area contributed by atoms with Crippen molar-refractivity contribution >= 4 is 33.4 Å². The Balaban J connectivity index is 3.10. The molecule has 0 amide bonds. The summed E-state index contributed by atoms with van der Waals surface area (Å²) in [5, 5.41) is 8.92. The molecular weight excluding hydrogens is 294 g/mol. The van der Waals surface area contributed by atoms with Crippen molar-refractivity contribution in [2.75, 3.05) is 19.3 Å². The summed E-state index contributed by atoms with van der Waals surface area (Å²) >= 11 is 5.69. The SMILES string of the molecule is CC(CN(C)S(=O)(=O)c1cc(Cl)cnc1N)C(=O)O. The molecule has 7 nitrogen and oxygen atoms in total. The summed E-state index contributed by atoms with van der Waals surface area (Å²) in [6.45, 7) is 1.23. The van der Waals surface area contributed by atoms with E-state index in [-0.39, 0.29) is 22.3 Å². The van der Waals surface area contributed by atoms with Gasteiger partial charge in [0.1, 0.15) is 10.7 Å². The van der Waals surface area contributed by atoms with Crippen LogP contribution in [-0.2, 0) is 14.8 Å². The van der Waals surface area contributed by atoms with Crippen molar-refractivity contribution in [3.63, 3.8) is 0 Å². The van der Waals surface area contributed by atoms with Gasteiger partial charge in [-0.05, 0) is 6.07 Å². The van der Waals surface area contributed by atoms with Crippen LogP contribution in [0.1, 0.15) is 6.92 Å². The number of sulfonamides is 1. The van der Waals surface area contributed by atoms with Gasteiger partial charge in [0.25, 0.3) is 0 Å². The monoisotopic (exact) mass is 307 g/mol. The first-order valence-electron chi connectivity index (χ1n) is 5.26. The summed E-state index contributed by atoms with van der Waals surface area (Å²) < 4.78 is 25.3. The van der Waals surface area contributed by atoms with Crippen LogP contribution in [0.4, 0.5) is 5.82 Å². The Morgan fingerprint density at radius 3 is 2.74 bits per heavy atom. The number of pyridine rings is 1. The van der Waals surface area contributed by atoms with E-state index in [2.05, 4.69) is 4.98 Å². The number of nitrogens with zero attached hydrogens (tertiary/aromatic N) is 2. The van der Waals surface area contributed by atoms with Gasteiger partial charge >= 0.3 is 5.97 Å². The molecule has 19 heavy (non-hydrogen) atoms. The lowest BCUT2D eigenvalue weighted by Crippen LogP contribution is -2.34. The molecule has 1 heterocycles. The first-order valence-corrected chi connectivity index (χ1v) is 7.08. The van der Waals surface area contributed by atoms with Crippen LogP contribution in [0.5, 0.6) is 0 Å². The van der Waals surface area contributed by atoms with Crippen molar-refractivity contribution < 1.29 is 18.3 Å². The summed E-state index contributed by atoms with van der Waals surface area (Å²) in [6, 6.07) is 1.18. The van der Waals surface area contributed by atoms with Crippen LogP contribution in [0.3, 0.4) is 0 Å². The first kappa shape index (κ1) is 15.7. The third kappa shape index (κ3) is 3.55. The van der Waals surface area contributed by atoms with E-state index in [0.717, 1.165) is 4.31 Å². The van der Waals surface area contributed by atoms with E-state index in [1.54, 1.807) is 0 Å². The van der Waals surface area contributed by atoms with Crippen LogP contribution in [-0.4, -0.2) is 42.4 Å². The molecule has 3 N–H and O–H groups in total. The maximum atomic E-state index is 12.2. The molecule has 0 saturated carbocycles. The zero-order valence-electron chi connectivity index (χ0n) is 10.4. The minimum absolute atomic E-state index is 0.132. The summed E-state index contributed by atoms with van der Waals surface area (Å²) in [4.78, 5) is 14.2. The Bertz CT molecular complexity index is 590. The van der Waals surface area contributed by atoms with Gasteiger partial charge in [-0.1, -0.05) is 18.5 Å². The number of aliphatic carboxylic acids is 1. The van der Waals surface area contributed by atoms with E-state index >= 15 is 0 Å². The van der Waals surface area contributed by atoms with E-state index in [9.17, 15) is 13.2 Å². The Hall–Kier alpha value is -1.38. The largest absolute Gasteiger partial charge is 0.481 e. The highest BCUT2D eigenvalue weighted by molar-refractivity contribution is 7.89. The lowest BCUT2D eigenvalue weighted by atomic mass is 10.2. The number of carbonyl (C=O) groups is 1. The Morgan fingerprint density at radius 1 is 1.63 bits per heavy atom. The van der Waals surface area contributed by atoms with Crippen LogP contribution < -0.4 is 5.73 Å². The molecule has 0 saturated heterocycles. The average molecular weight is 308 g/mol. The molecule has 0 aliphatic rings. The number of halogens is 1. The number of rotatable bonds is 5. The van der Waals surface area contributed by atoms with Crippen molar-refractivity contribution in [2.45, 2.75) is 11.8 Å². The Morgan fingerprint density at radius 2 is 2.21 bits per heavy atom. The number of hydrogen-bond donors (Lipinski definition) is 2. The van der Waals surface area contributed by atoms with E-state index in [1.165, 1.54) is 26.2 Å². The highest BCUT2D eigenvalue weighted by atomic mass is 35.5. The molecule has 9 heteroatoms. The summed E-state index contributed by atoms with van der Waals surface area (Å²) in [7, 11) is -2.65. The van der Waals surface area contributed by atoms with Gasteiger partial charge < -0.3 is 10.8 Å². The molecular formula is C10H14ClN3O4S. The van der Waals surface area contributed by atoms with Gasteiger partial charge in [-0.25, -0.2) is 13.4 Å². The minimum atomic E-state index is -3.92. The van der Waals surface area contributed by atoms with Crippen molar-refractivity contribution in [3.8, 4) is 0 Å². The number of hydrogen-bond acceptors (Lipinski definition) is 5. The Labute approximate surface area is 116 Å². The fraction of sp³-hybridized carbons (Fsp3) is 0.400. The topological polar surface area (TPSA) is 114 Å². The summed E-state index contributed by atoms with van der Waals surface area (Å²) in [5.74, 6) is -2.10. The van der Waals surface area contributed by atoms with E-state index in [4.69, 9.17) is 22.4 Å². The van der Waals surface area contributed by atoms with Crippen molar-refractivity contribution in [2.24, 2.45) is 5.92 Å². The predicted octanol–water partition coefficient (Wildman–Crippen LogP) is 0.658. The van der Waals surface area contributed by atoms with Crippen LogP contribution in [0.15, 0.2) is 17.2 Å². The fourth-order valence-corrected chi connectivity index (χ4v) is 2.94. The molecule has 0 aliphatic heterocycles. The smallest absolute Gasteiger partial charge is 0.307 e. The van der Waals surface area contributed by atoms with E-state index in [0.29, 0.717) is 0 Å². The zero-order chi connectivity index (χ0) is 14.8. The molecule has 1 aromatic rings. The van der Waals surface area contributed by atoms with Crippen molar-refractivity contribution in [3.05, 3.63) is 17.3 Å². The average Bonchev–Trinajstić information content (AvgIpc) is 2.31. The lowest BCUT2D eigenvalue weighted by molar-refractivity contribution is -0.141. The molecule has 0 fully saturated rings. The fourth-order valence-electron chi connectivity index (χ4n) is 1.37. The number of nitrogens with two attached hydrogens (primary N) is 1. The number of aromatic nitrogens is 1. The van der Waals surface area contributed by atoms with Gasteiger partial charge in [0.15, 0.2) is 0 Å². The molecule has 0 aromatic carbocycles. The van der Waals surface area contributed by atoms with Crippen LogP contribution >= 0.6 is 11.6 Å². The van der Waals surface area contributed by atoms with Crippen LogP contribution in [0, 0.1) is 5.92 Å². The predicted molar refractivity (Wildman–Crippen MR) is 70.3 cm³/mol. The zero-order valence-corrected chi connectivity index (χ0v) is 11.9. The second-order valence-corrected chi connectivity index (χ2v) is 6.51. The van der Waals surface area contributed by atoms with Crippen LogP contribution in [0.25, 0.3) is 0 Å². The Kier molecular flexibility index (Phi) is 4.72. The van der Waals surface area contributed by atoms with Gasteiger partial charge in [-0.3, -0.25) is 4.79 Å². The standard InChI is InChI=1S/C10H14ClN3O4S/c1-6(10(15)16)5-14(2)19(17,18)8-3-7(11)4-13-9(8)12/h3-4,6H,5H2,1-2H3,(H2,12,13)(H,15,16). The van der Waals surface area contributed by atoms with Gasteiger partial charge in [0.2, 0.25) is 10.0 Å². The number of anilines is 1. The molecule has 0 aliphatic carbocycles. The molecule has 0 radical (unpaired) electrons. The van der Waals surface area contributed by atoms with Crippen LogP contribution in [0.2, 0.25) is 5.02 Å².